The van der Waals surface area contributed by atoms with Crippen LogP contribution in [0.3, 0.4) is 0 Å². The molecule has 1 N–H and O–H groups in total. The second-order valence-corrected chi connectivity index (χ2v) is 5.94. The van der Waals surface area contributed by atoms with Gasteiger partial charge in [-0.25, -0.2) is 4.98 Å². The molecule has 0 aliphatic rings. The van der Waals surface area contributed by atoms with Gasteiger partial charge in [-0.15, -0.1) is 11.3 Å². The van der Waals surface area contributed by atoms with Gasteiger partial charge in [-0.1, -0.05) is 37.6 Å². The van der Waals surface area contributed by atoms with Gasteiger partial charge >= 0.3 is 0 Å². The van der Waals surface area contributed by atoms with Crippen LogP contribution in [-0.2, 0) is 0 Å². The molecule has 1 aromatic carbocycles. The van der Waals surface area contributed by atoms with Gasteiger partial charge in [0.25, 0.3) is 0 Å². The lowest BCUT2D eigenvalue weighted by Gasteiger charge is -2.18. The number of benzene rings is 1. The molecule has 3 rings (SSSR count). The average molecular weight is 297 g/mol. The highest BCUT2D eigenvalue weighted by Crippen LogP contribution is 2.27. The molecule has 0 fully saturated rings. The van der Waals surface area contributed by atoms with Crippen molar-refractivity contribution in [2.45, 2.75) is 25.8 Å². The van der Waals surface area contributed by atoms with E-state index in [2.05, 4.69) is 51.4 Å². The maximum Gasteiger partial charge on any atom is 0.207 e. The molecule has 108 valence electrons. The third-order valence-electron chi connectivity index (χ3n) is 3.44. The Morgan fingerprint density at radius 3 is 2.76 bits per heavy atom. The molecule has 0 bridgehead atoms. The minimum atomic E-state index is 0.319. The first-order chi connectivity index (χ1) is 10.4. The molecule has 0 saturated carbocycles. The summed E-state index contributed by atoms with van der Waals surface area (Å²) in [6, 6.07) is 14.9. The number of aromatic nitrogens is 2. The van der Waals surface area contributed by atoms with Crippen LogP contribution >= 0.6 is 11.3 Å². The fraction of sp³-hybridized carbons (Fsp3) is 0.235. The average Bonchev–Trinajstić information content (AvgIpc) is 3.19. The molecule has 0 radical (unpaired) electrons. The predicted octanol–water partition coefficient (Wildman–Crippen LogP) is 4.89. The lowest BCUT2D eigenvalue weighted by molar-refractivity contribution is 0.679. The molecule has 3 aromatic rings. The first-order valence-electron chi connectivity index (χ1n) is 7.27. The van der Waals surface area contributed by atoms with Crippen molar-refractivity contribution in [1.29, 1.82) is 0 Å². The fourth-order valence-corrected chi connectivity index (χ4v) is 3.24. The summed E-state index contributed by atoms with van der Waals surface area (Å²) in [5, 5.41) is 5.72. The number of para-hydroxylation sites is 1. The number of thiophene rings is 1. The van der Waals surface area contributed by atoms with E-state index in [1.54, 1.807) is 11.3 Å². The van der Waals surface area contributed by atoms with Gasteiger partial charge < -0.3 is 5.32 Å². The van der Waals surface area contributed by atoms with Crippen LogP contribution < -0.4 is 5.32 Å². The van der Waals surface area contributed by atoms with E-state index in [0.717, 1.165) is 24.5 Å². The van der Waals surface area contributed by atoms with Crippen LogP contribution in [0, 0.1) is 0 Å². The molecule has 21 heavy (non-hydrogen) atoms. The van der Waals surface area contributed by atoms with Crippen molar-refractivity contribution in [1.82, 2.24) is 9.55 Å². The van der Waals surface area contributed by atoms with Gasteiger partial charge in [-0.3, -0.25) is 4.57 Å². The van der Waals surface area contributed by atoms with Gasteiger partial charge in [0.2, 0.25) is 5.95 Å². The topological polar surface area (TPSA) is 29.9 Å². The van der Waals surface area contributed by atoms with Gasteiger partial charge in [-0.05, 0) is 30.0 Å². The van der Waals surface area contributed by atoms with E-state index in [1.807, 2.05) is 30.6 Å². The van der Waals surface area contributed by atoms with Crippen LogP contribution in [0.25, 0.3) is 5.69 Å². The van der Waals surface area contributed by atoms with Gasteiger partial charge in [0, 0.05) is 23.0 Å². The summed E-state index contributed by atoms with van der Waals surface area (Å²) in [5.41, 5.74) is 1.12. The van der Waals surface area contributed by atoms with Crippen LogP contribution in [0.15, 0.2) is 60.2 Å². The first-order valence-corrected chi connectivity index (χ1v) is 8.15. The number of rotatable bonds is 6. The Morgan fingerprint density at radius 2 is 2.05 bits per heavy atom. The number of hydrogen-bond donors (Lipinski definition) is 1. The maximum atomic E-state index is 4.48. The Bertz CT molecular complexity index is 658. The highest BCUT2D eigenvalue weighted by atomic mass is 32.1. The molecule has 0 saturated heterocycles. The Labute approximate surface area is 129 Å². The van der Waals surface area contributed by atoms with Crippen LogP contribution in [0.1, 0.15) is 30.7 Å². The van der Waals surface area contributed by atoms with Crippen molar-refractivity contribution < 1.29 is 0 Å². The van der Waals surface area contributed by atoms with Crippen LogP contribution in [0.2, 0.25) is 0 Å². The number of nitrogens with zero attached hydrogens (tertiary/aromatic N) is 2. The van der Waals surface area contributed by atoms with E-state index in [-0.39, 0.29) is 0 Å². The van der Waals surface area contributed by atoms with E-state index in [1.165, 1.54) is 4.88 Å². The Kier molecular flexibility index (Phi) is 4.36. The quantitative estimate of drug-likeness (QED) is 0.702. The van der Waals surface area contributed by atoms with Crippen molar-refractivity contribution >= 4 is 17.3 Å². The Balaban J connectivity index is 1.86. The molecular formula is C17H19N3S. The number of imidazole rings is 1. The molecule has 4 heteroatoms. The molecular weight excluding hydrogens is 278 g/mol. The van der Waals surface area contributed by atoms with Crippen molar-refractivity contribution in [2.75, 3.05) is 5.32 Å². The van der Waals surface area contributed by atoms with E-state index in [9.17, 15) is 0 Å². The summed E-state index contributed by atoms with van der Waals surface area (Å²) in [6.07, 6.45) is 6.08. The van der Waals surface area contributed by atoms with E-state index < -0.39 is 0 Å². The van der Waals surface area contributed by atoms with Crippen molar-refractivity contribution in [3.63, 3.8) is 0 Å². The summed E-state index contributed by atoms with van der Waals surface area (Å²) < 4.78 is 2.09. The molecule has 0 aliphatic carbocycles. The monoisotopic (exact) mass is 297 g/mol. The molecule has 0 amide bonds. The van der Waals surface area contributed by atoms with Crippen molar-refractivity contribution in [3.05, 3.63) is 65.1 Å². The van der Waals surface area contributed by atoms with Gasteiger partial charge in [-0.2, -0.15) is 0 Å². The summed E-state index contributed by atoms with van der Waals surface area (Å²) in [7, 11) is 0. The van der Waals surface area contributed by atoms with Crippen LogP contribution in [0.4, 0.5) is 5.95 Å². The fourth-order valence-electron chi connectivity index (χ4n) is 2.43. The third-order valence-corrected chi connectivity index (χ3v) is 4.43. The molecule has 1 atom stereocenters. The van der Waals surface area contributed by atoms with Gasteiger partial charge in [0.1, 0.15) is 0 Å². The molecule has 0 spiro atoms. The number of nitrogens with one attached hydrogen (secondary N) is 1. The number of hydrogen-bond acceptors (Lipinski definition) is 3. The summed E-state index contributed by atoms with van der Waals surface area (Å²) >= 11 is 1.79. The smallest absolute Gasteiger partial charge is 0.207 e. The second kappa shape index (κ2) is 6.59. The highest BCUT2D eigenvalue weighted by molar-refractivity contribution is 7.10. The minimum absolute atomic E-state index is 0.319. The summed E-state index contributed by atoms with van der Waals surface area (Å²) in [6.45, 7) is 2.21. The summed E-state index contributed by atoms with van der Waals surface area (Å²) in [5.74, 6) is 0.896. The number of anilines is 1. The molecule has 3 nitrogen and oxygen atoms in total. The normalized spacial score (nSPS) is 12.2. The second-order valence-electron chi connectivity index (χ2n) is 4.96. The zero-order valence-corrected chi connectivity index (χ0v) is 12.9. The predicted molar refractivity (Wildman–Crippen MR) is 89.2 cm³/mol. The van der Waals surface area contributed by atoms with Gasteiger partial charge in [0.15, 0.2) is 0 Å². The minimum Gasteiger partial charge on any atom is -0.348 e. The molecule has 1 unspecified atom stereocenters. The Hall–Kier alpha value is -2.07. The first kappa shape index (κ1) is 13.9. The van der Waals surface area contributed by atoms with Crippen molar-refractivity contribution in [2.24, 2.45) is 0 Å². The molecule has 2 aromatic heterocycles. The van der Waals surface area contributed by atoms with E-state index >= 15 is 0 Å². The molecule has 0 aliphatic heterocycles. The van der Waals surface area contributed by atoms with E-state index in [4.69, 9.17) is 0 Å². The maximum absolute atomic E-state index is 4.48. The lowest BCUT2D eigenvalue weighted by atomic mass is 10.1. The lowest BCUT2D eigenvalue weighted by Crippen LogP contribution is -2.13. The van der Waals surface area contributed by atoms with Crippen LogP contribution in [-0.4, -0.2) is 9.55 Å². The summed E-state index contributed by atoms with van der Waals surface area (Å²) in [4.78, 5) is 5.84. The molecule has 2 heterocycles. The highest BCUT2D eigenvalue weighted by Gasteiger charge is 2.14. The SMILES string of the molecule is CCCC(Nc1nccn1-c1ccccc1)c1cccs1. The van der Waals surface area contributed by atoms with Crippen molar-refractivity contribution in [3.8, 4) is 5.69 Å². The van der Waals surface area contributed by atoms with Gasteiger partial charge in [0.05, 0.1) is 6.04 Å². The largest absolute Gasteiger partial charge is 0.348 e. The zero-order chi connectivity index (χ0) is 14.5. The third kappa shape index (κ3) is 3.16. The van der Waals surface area contributed by atoms with Crippen LogP contribution in [0.5, 0.6) is 0 Å². The zero-order valence-electron chi connectivity index (χ0n) is 12.1. The Morgan fingerprint density at radius 1 is 1.19 bits per heavy atom. The van der Waals surface area contributed by atoms with E-state index in [0.29, 0.717) is 6.04 Å². The standard InChI is InChI=1S/C17H19N3S/c1-2-7-15(16-10-6-13-21-16)19-17-18-11-12-20(17)14-8-4-3-5-9-14/h3-6,8-13,15H,2,7H2,1H3,(H,18,19).